The van der Waals surface area contributed by atoms with Crippen molar-refractivity contribution in [1.82, 2.24) is 20.1 Å². The molecule has 0 spiro atoms. The Morgan fingerprint density at radius 2 is 2.28 bits per heavy atom. The maximum absolute atomic E-state index is 5.83. The molecule has 0 radical (unpaired) electrons. The molecule has 2 aromatic heterocycles. The van der Waals surface area contributed by atoms with Crippen molar-refractivity contribution in [2.75, 3.05) is 7.11 Å². The van der Waals surface area contributed by atoms with Crippen LogP contribution in [0.15, 0.2) is 16.9 Å². The van der Waals surface area contributed by atoms with E-state index in [4.69, 9.17) is 15.0 Å². The summed E-state index contributed by atoms with van der Waals surface area (Å²) in [5.41, 5.74) is 6.38. The standard InChI is InChI=1S/C11H15N5O2/c1-3-7(12)4-10-15-11(16-18-10)8-5-9(17-2)14-6-13-8/h5-7H,3-4,12H2,1-2H3. The Morgan fingerprint density at radius 1 is 1.44 bits per heavy atom. The highest BCUT2D eigenvalue weighted by Crippen LogP contribution is 2.16. The van der Waals surface area contributed by atoms with E-state index in [0.29, 0.717) is 29.7 Å². The third kappa shape index (κ3) is 2.80. The van der Waals surface area contributed by atoms with E-state index >= 15 is 0 Å². The maximum Gasteiger partial charge on any atom is 0.228 e. The van der Waals surface area contributed by atoms with Crippen LogP contribution in [0.4, 0.5) is 0 Å². The molecular weight excluding hydrogens is 234 g/mol. The van der Waals surface area contributed by atoms with Crippen molar-refractivity contribution in [1.29, 1.82) is 0 Å². The van der Waals surface area contributed by atoms with Crippen LogP contribution in [0, 0.1) is 0 Å². The minimum absolute atomic E-state index is 0.0261. The maximum atomic E-state index is 5.83. The predicted octanol–water partition coefficient (Wildman–Crippen LogP) is 0.815. The molecule has 0 saturated carbocycles. The zero-order valence-corrected chi connectivity index (χ0v) is 10.3. The van der Waals surface area contributed by atoms with Gasteiger partial charge in [0.2, 0.25) is 17.6 Å². The van der Waals surface area contributed by atoms with Gasteiger partial charge in [-0.3, -0.25) is 0 Å². The Labute approximate surface area is 104 Å². The zero-order chi connectivity index (χ0) is 13.0. The number of rotatable bonds is 5. The van der Waals surface area contributed by atoms with Gasteiger partial charge in [-0.1, -0.05) is 12.1 Å². The number of methoxy groups -OCH3 is 1. The molecule has 1 unspecified atom stereocenters. The first kappa shape index (κ1) is 12.4. The van der Waals surface area contributed by atoms with Crippen LogP contribution >= 0.6 is 0 Å². The number of nitrogens with zero attached hydrogens (tertiary/aromatic N) is 4. The van der Waals surface area contributed by atoms with Gasteiger partial charge in [-0.2, -0.15) is 4.98 Å². The fraction of sp³-hybridized carbons (Fsp3) is 0.455. The van der Waals surface area contributed by atoms with Crippen molar-refractivity contribution in [3.8, 4) is 17.4 Å². The lowest BCUT2D eigenvalue weighted by Gasteiger charge is -2.02. The van der Waals surface area contributed by atoms with E-state index in [9.17, 15) is 0 Å². The smallest absolute Gasteiger partial charge is 0.228 e. The second kappa shape index (κ2) is 5.54. The SMILES string of the molecule is CCC(N)Cc1nc(-c2cc(OC)ncn2)no1. The van der Waals surface area contributed by atoms with E-state index in [1.807, 2.05) is 6.92 Å². The van der Waals surface area contributed by atoms with Crippen molar-refractivity contribution in [2.24, 2.45) is 5.73 Å². The zero-order valence-electron chi connectivity index (χ0n) is 10.3. The number of ether oxygens (including phenoxy) is 1. The summed E-state index contributed by atoms with van der Waals surface area (Å²) in [5.74, 6) is 1.38. The summed E-state index contributed by atoms with van der Waals surface area (Å²) in [6, 6.07) is 1.67. The van der Waals surface area contributed by atoms with Crippen LogP contribution in [0.2, 0.25) is 0 Å². The molecule has 0 bridgehead atoms. The number of nitrogens with two attached hydrogens (primary N) is 1. The minimum atomic E-state index is 0.0261. The van der Waals surface area contributed by atoms with Crippen LogP contribution < -0.4 is 10.5 Å². The first-order chi connectivity index (χ1) is 8.72. The van der Waals surface area contributed by atoms with Crippen molar-refractivity contribution in [2.45, 2.75) is 25.8 Å². The largest absolute Gasteiger partial charge is 0.481 e. The lowest BCUT2D eigenvalue weighted by atomic mass is 10.2. The van der Waals surface area contributed by atoms with Gasteiger partial charge in [0, 0.05) is 18.5 Å². The molecule has 0 aliphatic carbocycles. The molecule has 0 amide bonds. The molecule has 0 fully saturated rings. The first-order valence-corrected chi connectivity index (χ1v) is 5.67. The number of hydrogen-bond donors (Lipinski definition) is 1. The van der Waals surface area contributed by atoms with Gasteiger partial charge in [0.1, 0.15) is 12.0 Å². The molecular formula is C11H15N5O2. The second-order valence-electron chi connectivity index (χ2n) is 3.83. The van der Waals surface area contributed by atoms with E-state index in [2.05, 4.69) is 20.1 Å². The van der Waals surface area contributed by atoms with Crippen LogP contribution in [-0.4, -0.2) is 33.3 Å². The lowest BCUT2D eigenvalue weighted by Crippen LogP contribution is -2.21. The molecule has 2 heterocycles. The predicted molar refractivity (Wildman–Crippen MR) is 63.8 cm³/mol. The van der Waals surface area contributed by atoms with Crippen molar-refractivity contribution in [3.05, 3.63) is 18.3 Å². The Morgan fingerprint density at radius 3 is 3.00 bits per heavy atom. The summed E-state index contributed by atoms with van der Waals surface area (Å²) in [5, 5.41) is 3.86. The summed E-state index contributed by atoms with van der Waals surface area (Å²) >= 11 is 0. The highest BCUT2D eigenvalue weighted by atomic mass is 16.5. The van der Waals surface area contributed by atoms with E-state index in [1.54, 1.807) is 6.07 Å². The molecule has 18 heavy (non-hydrogen) atoms. The second-order valence-corrected chi connectivity index (χ2v) is 3.83. The summed E-state index contributed by atoms with van der Waals surface area (Å²) in [4.78, 5) is 12.2. The van der Waals surface area contributed by atoms with Gasteiger partial charge in [-0.05, 0) is 6.42 Å². The van der Waals surface area contributed by atoms with Crippen LogP contribution in [0.1, 0.15) is 19.2 Å². The molecule has 96 valence electrons. The molecule has 1 atom stereocenters. The van der Waals surface area contributed by atoms with Crippen LogP contribution in [0.3, 0.4) is 0 Å². The molecule has 2 N–H and O–H groups in total. The monoisotopic (exact) mass is 249 g/mol. The van der Waals surface area contributed by atoms with Gasteiger partial charge in [-0.25, -0.2) is 9.97 Å². The van der Waals surface area contributed by atoms with Crippen molar-refractivity contribution in [3.63, 3.8) is 0 Å². The Kier molecular flexibility index (Phi) is 3.83. The van der Waals surface area contributed by atoms with Crippen molar-refractivity contribution >= 4 is 0 Å². The number of hydrogen-bond acceptors (Lipinski definition) is 7. The van der Waals surface area contributed by atoms with Gasteiger partial charge in [0.25, 0.3) is 0 Å². The van der Waals surface area contributed by atoms with Gasteiger partial charge in [0.05, 0.1) is 7.11 Å². The third-order valence-corrected chi connectivity index (χ3v) is 2.51. The molecule has 2 rings (SSSR count). The van der Waals surface area contributed by atoms with E-state index in [0.717, 1.165) is 6.42 Å². The third-order valence-electron chi connectivity index (χ3n) is 2.51. The highest BCUT2D eigenvalue weighted by molar-refractivity contribution is 5.49. The summed E-state index contributed by atoms with van der Waals surface area (Å²) in [6.07, 6.45) is 2.81. The van der Waals surface area contributed by atoms with Crippen LogP contribution in [-0.2, 0) is 6.42 Å². The van der Waals surface area contributed by atoms with E-state index < -0.39 is 0 Å². The fourth-order valence-corrected chi connectivity index (χ4v) is 1.38. The molecule has 0 aromatic carbocycles. The van der Waals surface area contributed by atoms with Crippen LogP contribution in [0.5, 0.6) is 5.88 Å². The summed E-state index contributed by atoms with van der Waals surface area (Å²) < 4.78 is 10.1. The molecule has 2 aromatic rings. The Bertz CT molecular complexity index is 514. The Hall–Kier alpha value is -2.02. The lowest BCUT2D eigenvalue weighted by molar-refractivity contribution is 0.367. The topological polar surface area (TPSA) is 100.0 Å². The van der Waals surface area contributed by atoms with Gasteiger partial charge < -0.3 is 15.0 Å². The number of aromatic nitrogens is 4. The highest BCUT2D eigenvalue weighted by Gasteiger charge is 2.13. The minimum Gasteiger partial charge on any atom is -0.481 e. The summed E-state index contributed by atoms with van der Waals surface area (Å²) in [6.45, 7) is 2.01. The van der Waals surface area contributed by atoms with Gasteiger partial charge in [0.15, 0.2) is 0 Å². The normalized spacial score (nSPS) is 12.4. The molecule has 7 nitrogen and oxygen atoms in total. The van der Waals surface area contributed by atoms with Crippen molar-refractivity contribution < 1.29 is 9.26 Å². The van der Waals surface area contributed by atoms with Gasteiger partial charge in [-0.15, -0.1) is 0 Å². The molecule has 0 aliphatic heterocycles. The molecule has 7 heteroatoms. The van der Waals surface area contributed by atoms with Crippen LogP contribution in [0.25, 0.3) is 11.5 Å². The van der Waals surface area contributed by atoms with E-state index in [1.165, 1.54) is 13.4 Å². The van der Waals surface area contributed by atoms with Gasteiger partial charge >= 0.3 is 0 Å². The quantitative estimate of drug-likeness (QED) is 0.836. The molecule has 0 saturated heterocycles. The first-order valence-electron chi connectivity index (χ1n) is 5.67. The average molecular weight is 249 g/mol. The summed E-state index contributed by atoms with van der Waals surface area (Å²) in [7, 11) is 1.54. The van der Waals surface area contributed by atoms with E-state index in [-0.39, 0.29) is 6.04 Å². The molecule has 0 aliphatic rings. The Balaban J connectivity index is 2.18. The average Bonchev–Trinajstić information content (AvgIpc) is 2.87. The fourth-order valence-electron chi connectivity index (χ4n) is 1.38.